The van der Waals surface area contributed by atoms with Gasteiger partial charge < -0.3 is 11.1 Å². The zero-order chi connectivity index (χ0) is 11.5. The average Bonchev–Trinajstić information content (AvgIpc) is 2.16. The molecule has 0 aliphatic heterocycles. The maximum Gasteiger partial charge on any atom is 0.227 e. The second-order valence-corrected chi connectivity index (χ2v) is 5.75. The molecule has 0 heterocycles. The van der Waals surface area contributed by atoms with Crippen LogP contribution in [0, 0.1) is 5.41 Å². The van der Waals surface area contributed by atoms with Gasteiger partial charge in [0.05, 0.1) is 5.41 Å². The Labute approximate surface area is 92.8 Å². The molecule has 1 rings (SSSR count). The first-order chi connectivity index (χ1) is 6.90. The minimum atomic E-state index is -0.286. The third kappa shape index (κ3) is 3.20. The number of hydrogen-bond donors (Lipinski definition) is 2. The monoisotopic (exact) mass is 212 g/mol. The highest BCUT2D eigenvalue weighted by Crippen LogP contribution is 2.35. The number of nitrogens with two attached hydrogens (primary N) is 1. The summed E-state index contributed by atoms with van der Waals surface area (Å²) in [6.45, 7) is 6.52. The molecule has 3 N–H and O–H groups in total. The van der Waals surface area contributed by atoms with E-state index in [1.54, 1.807) is 0 Å². The van der Waals surface area contributed by atoms with E-state index in [1.807, 2.05) is 20.8 Å². The molecular formula is C12H24N2O. The van der Waals surface area contributed by atoms with Crippen molar-refractivity contribution in [3.63, 3.8) is 0 Å². The van der Waals surface area contributed by atoms with E-state index < -0.39 is 0 Å². The van der Waals surface area contributed by atoms with E-state index >= 15 is 0 Å². The van der Waals surface area contributed by atoms with Crippen LogP contribution in [0.2, 0.25) is 0 Å². The Morgan fingerprint density at radius 2 is 1.80 bits per heavy atom. The molecule has 1 amide bonds. The summed E-state index contributed by atoms with van der Waals surface area (Å²) < 4.78 is 0. The van der Waals surface area contributed by atoms with Crippen LogP contribution in [0.1, 0.15) is 52.9 Å². The third-order valence-electron chi connectivity index (χ3n) is 3.17. The first kappa shape index (κ1) is 12.5. The van der Waals surface area contributed by atoms with E-state index in [0.717, 1.165) is 25.7 Å². The Hall–Kier alpha value is -0.570. The summed E-state index contributed by atoms with van der Waals surface area (Å²) in [6, 6.07) is 0. The highest BCUT2D eigenvalue weighted by Gasteiger charge is 2.39. The summed E-state index contributed by atoms with van der Waals surface area (Å²) in [5, 5.41) is 3.06. The summed E-state index contributed by atoms with van der Waals surface area (Å²) in [6.07, 6.45) is 5.41. The molecule has 15 heavy (non-hydrogen) atoms. The molecule has 0 saturated heterocycles. The lowest BCUT2D eigenvalue weighted by atomic mass is 9.73. The zero-order valence-electron chi connectivity index (χ0n) is 10.2. The quantitative estimate of drug-likeness (QED) is 0.733. The molecule has 0 aromatic rings. The van der Waals surface area contributed by atoms with Gasteiger partial charge in [0.25, 0.3) is 0 Å². The lowest BCUT2D eigenvalue weighted by Crippen LogP contribution is -2.52. The van der Waals surface area contributed by atoms with Gasteiger partial charge in [-0.05, 0) is 33.6 Å². The predicted octanol–water partition coefficient (Wildman–Crippen LogP) is 1.81. The molecule has 1 fully saturated rings. The molecular weight excluding hydrogens is 188 g/mol. The molecule has 0 atom stereocenters. The first-order valence-electron chi connectivity index (χ1n) is 5.92. The van der Waals surface area contributed by atoms with Crippen LogP contribution < -0.4 is 11.1 Å². The number of carbonyl (C=O) groups excluding carboxylic acids is 1. The minimum absolute atomic E-state index is 0.150. The zero-order valence-corrected chi connectivity index (χ0v) is 10.2. The van der Waals surface area contributed by atoms with Gasteiger partial charge in [-0.15, -0.1) is 0 Å². The van der Waals surface area contributed by atoms with E-state index in [0.29, 0.717) is 6.54 Å². The summed E-state index contributed by atoms with van der Waals surface area (Å²) in [4.78, 5) is 12.2. The lowest BCUT2D eigenvalue weighted by Gasteiger charge is -2.37. The Balaban J connectivity index is 2.68. The Kier molecular flexibility index (Phi) is 3.77. The van der Waals surface area contributed by atoms with Crippen LogP contribution in [-0.2, 0) is 4.79 Å². The standard InChI is InChI=1S/C12H24N2O/c1-11(2,3)14-10(15)12(9-13)7-5-4-6-8-12/h4-9,13H2,1-3H3,(H,14,15). The van der Waals surface area contributed by atoms with Gasteiger partial charge >= 0.3 is 0 Å². The molecule has 3 heteroatoms. The maximum absolute atomic E-state index is 12.2. The summed E-state index contributed by atoms with van der Waals surface area (Å²) in [7, 11) is 0. The molecule has 0 radical (unpaired) electrons. The van der Waals surface area contributed by atoms with Crippen molar-refractivity contribution in [2.24, 2.45) is 11.1 Å². The predicted molar refractivity (Wildman–Crippen MR) is 62.5 cm³/mol. The molecule has 0 bridgehead atoms. The fourth-order valence-electron chi connectivity index (χ4n) is 2.23. The van der Waals surface area contributed by atoms with Crippen LogP contribution in [-0.4, -0.2) is 18.0 Å². The average molecular weight is 212 g/mol. The number of hydrogen-bond acceptors (Lipinski definition) is 2. The maximum atomic E-state index is 12.2. The van der Waals surface area contributed by atoms with Gasteiger partial charge in [0, 0.05) is 12.1 Å². The van der Waals surface area contributed by atoms with Crippen molar-refractivity contribution < 1.29 is 4.79 Å². The van der Waals surface area contributed by atoms with Gasteiger partial charge in [-0.3, -0.25) is 4.79 Å². The van der Waals surface area contributed by atoms with Crippen molar-refractivity contribution >= 4 is 5.91 Å². The van der Waals surface area contributed by atoms with E-state index in [9.17, 15) is 4.79 Å². The number of rotatable bonds is 2. The fourth-order valence-corrected chi connectivity index (χ4v) is 2.23. The Morgan fingerprint density at radius 3 is 2.20 bits per heavy atom. The van der Waals surface area contributed by atoms with Crippen molar-refractivity contribution in [3.05, 3.63) is 0 Å². The molecule has 88 valence electrons. The van der Waals surface area contributed by atoms with Gasteiger partial charge in [-0.25, -0.2) is 0 Å². The van der Waals surface area contributed by atoms with E-state index in [4.69, 9.17) is 5.73 Å². The molecule has 1 saturated carbocycles. The van der Waals surface area contributed by atoms with Gasteiger partial charge in [-0.1, -0.05) is 19.3 Å². The summed E-state index contributed by atoms with van der Waals surface area (Å²) in [5.41, 5.74) is 5.35. The number of nitrogens with one attached hydrogen (secondary N) is 1. The van der Waals surface area contributed by atoms with Crippen molar-refractivity contribution in [1.82, 2.24) is 5.32 Å². The van der Waals surface area contributed by atoms with Crippen LogP contribution in [0.4, 0.5) is 0 Å². The van der Waals surface area contributed by atoms with Gasteiger partial charge in [0.1, 0.15) is 0 Å². The first-order valence-corrected chi connectivity index (χ1v) is 5.92. The molecule has 1 aliphatic carbocycles. The smallest absolute Gasteiger partial charge is 0.227 e. The summed E-state index contributed by atoms with van der Waals surface area (Å²) >= 11 is 0. The van der Waals surface area contributed by atoms with Gasteiger partial charge in [-0.2, -0.15) is 0 Å². The summed E-state index contributed by atoms with van der Waals surface area (Å²) in [5.74, 6) is 0.150. The van der Waals surface area contributed by atoms with Crippen molar-refractivity contribution in [2.75, 3.05) is 6.54 Å². The molecule has 0 aromatic carbocycles. The molecule has 0 unspecified atom stereocenters. The van der Waals surface area contributed by atoms with Crippen molar-refractivity contribution in [2.45, 2.75) is 58.4 Å². The second-order valence-electron chi connectivity index (χ2n) is 5.75. The fraction of sp³-hybridized carbons (Fsp3) is 0.917. The highest BCUT2D eigenvalue weighted by atomic mass is 16.2. The SMILES string of the molecule is CC(C)(C)NC(=O)C1(CN)CCCCC1. The van der Waals surface area contributed by atoms with Crippen LogP contribution >= 0.6 is 0 Å². The van der Waals surface area contributed by atoms with Gasteiger partial charge in [0.2, 0.25) is 5.91 Å². The third-order valence-corrected chi connectivity index (χ3v) is 3.17. The lowest BCUT2D eigenvalue weighted by molar-refractivity contribution is -0.133. The molecule has 3 nitrogen and oxygen atoms in total. The van der Waals surface area contributed by atoms with Crippen LogP contribution in [0.25, 0.3) is 0 Å². The highest BCUT2D eigenvalue weighted by molar-refractivity contribution is 5.83. The van der Waals surface area contributed by atoms with Gasteiger partial charge in [0.15, 0.2) is 0 Å². The number of amides is 1. The topological polar surface area (TPSA) is 55.1 Å². The van der Waals surface area contributed by atoms with Crippen molar-refractivity contribution in [3.8, 4) is 0 Å². The van der Waals surface area contributed by atoms with Crippen LogP contribution in [0.3, 0.4) is 0 Å². The largest absolute Gasteiger partial charge is 0.351 e. The van der Waals surface area contributed by atoms with Crippen LogP contribution in [0.15, 0.2) is 0 Å². The second kappa shape index (κ2) is 4.52. The normalized spacial score (nSPS) is 21.1. The van der Waals surface area contributed by atoms with E-state index in [1.165, 1.54) is 6.42 Å². The van der Waals surface area contributed by atoms with Crippen molar-refractivity contribution in [1.29, 1.82) is 0 Å². The van der Waals surface area contributed by atoms with E-state index in [-0.39, 0.29) is 16.9 Å². The number of carbonyl (C=O) groups is 1. The minimum Gasteiger partial charge on any atom is -0.351 e. The molecule has 0 aromatic heterocycles. The Bertz CT molecular complexity index is 224. The molecule has 1 aliphatic rings. The van der Waals surface area contributed by atoms with E-state index in [2.05, 4.69) is 5.32 Å². The Morgan fingerprint density at radius 1 is 1.27 bits per heavy atom. The molecule has 0 spiro atoms. The van der Waals surface area contributed by atoms with Crippen LogP contribution in [0.5, 0.6) is 0 Å².